The molecular weight excluding hydrogens is 454 g/mol. The highest BCUT2D eigenvalue weighted by Gasteiger charge is 2.41. The first-order chi connectivity index (χ1) is 15.6. The maximum absolute atomic E-state index is 12.5. The molecule has 10 heteroatoms. The quantitative estimate of drug-likeness (QED) is 0.363. The molecule has 0 aromatic carbocycles. The number of fused-ring (bicyclic) bond motifs is 3. The molecule has 180 valence electrons. The van der Waals surface area contributed by atoms with Crippen molar-refractivity contribution in [1.82, 2.24) is 23.7 Å². The molecule has 3 aromatic rings. The minimum absolute atomic E-state index is 0.0113. The van der Waals surface area contributed by atoms with Crippen LogP contribution in [-0.2, 0) is 21.5 Å². The van der Waals surface area contributed by atoms with E-state index in [1.165, 1.54) is 0 Å². The van der Waals surface area contributed by atoms with Gasteiger partial charge >= 0.3 is 0 Å². The van der Waals surface area contributed by atoms with Crippen molar-refractivity contribution in [1.29, 1.82) is 0 Å². The van der Waals surface area contributed by atoms with E-state index in [1.54, 1.807) is 0 Å². The molecule has 0 radical (unpaired) electrons. The van der Waals surface area contributed by atoms with Crippen molar-refractivity contribution < 1.29 is 13.2 Å². The van der Waals surface area contributed by atoms with Crippen molar-refractivity contribution >= 4 is 34.9 Å². The fourth-order valence-corrected chi connectivity index (χ4v) is 7.35. The van der Waals surface area contributed by atoms with Crippen LogP contribution in [0.2, 0.25) is 25.7 Å². The predicted molar refractivity (Wildman–Crippen MR) is 133 cm³/mol. The van der Waals surface area contributed by atoms with Crippen molar-refractivity contribution in [3.63, 3.8) is 0 Å². The molecule has 0 bridgehead atoms. The fraction of sp³-hybridized carbons (Fsp3) is 0.652. The third-order valence-electron chi connectivity index (χ3n) is 7.06. The summed E-state index contributed by atoms with van der Waals surface area (Å²) in [6, 6.07) is 3.21. The van der Waals surface area contributed by atoms with E-state index in [2.05, 4.69) is 51.7 Å². The molecular formula is C23H35N5O3SSi. The summed E-state index contributed by atoms with van der Waals surface area (Å²) in [5, 5.41) is -0.180. The monoisotopic (exact) mass is 489 g/mol. The minimum Gasteiger partial charge on any atom is -0.361 e. The smallest absolute Gasteiger partial charge is 0.214 e. The largest absolute Gasteiger partial charge is 0.361 e. The zero-order valence-corrected chi connectivity index (χ0v) is 21.8. The molecule has 8 nitrogen and oxygen atoms in total. The molecule has 2 aliphatic carbocycles. The lowest BCUT2D eigenvalue weighted by molar-refractivity contribution is 0.0899. The summed E-state index contributed by atoms with van der Waals surface area (Å²) in [6.07, 6.45) is 9.01. The lowest BCUT2D eigenvalue weighted by Gasteiger charge is -2.16. The first kappa shape index (κ1) is 23.0. The van der Waals surface area contributed by atoms with Gasteiger partial charge in [-0.1, -0.05) is 26.6 Å². The van der Waals surface area contributed by atoms with Crippen molar-refractivity contribution in [2.75, 3.05) is 6.61 Å². The van der Waals surface area contributed by atoms with Crippen molar-refractivity contribution in [2.45, 2.75) is 82.2 Å². The third-order valence-corrected chi connectivity index (χ3v) is 10.8. The normalized spacial score (nSPS) is 24.3. The van der Waals surface area contributed by atoms with Crippen LogP contribution >= 0.6 is 0 Å². The Hall–Kier alpha value is -1.75. The van der Waals surface area contributed by atoms with Crippen LogP contribution in [0.15, 0.2) is 24.7 Å². The first-order valence-corrected chi connectivity index (χ1v) is 17.3. The van der Waals surface area contributed by atoms with Crippen molar-refractivity contribution in [3.8, 4) is 0 Å². The molecule has 3 heterocycles. The highest BCUT2D eigenvalue weighted by molar-refractivity contribution is 7.90. The van der Waals surface area contributed by atoms with Gasteiger partial charge in [0.25, 0.3) is 0 Å². The second-order valence-electron chi connectivity index (χ2n) is 11.1. The number of rotatable bonds is 9. The van der Waals surface area contributed by atoms with E-state index >= 15 is 0 Å². The average Bonchev–Trinajstić information content (AvgIpc) is 3.26. The summed E-state index contributed by atoms with van der Waals surface area (Å²) >= 11 is 0. The molecule has 0 aliphatic heterocycles. The summed E-state index contributed by atoms with van der Waals surface area (Å²) < 4.78 is 38.1. The number of hydrogen-bond donors (Lipinski definition) is 1. The summed E-state index contributed by atoms with van der Waals surface area (Å²) in [5.74, 6) is 0.612. The maximum atomic E-state index is 12.5. The van der Waals surface area contributed by atoms with Crippen LogP contribution in [-0.4, -0.2) is 53.3 Å². The Morgan fingerprint density at radius 2 is 1.97 bits per heavy atom. The highest BCUT2D eigenvalue weighted by Crippen LogP contribution is 2.41. The molecule has 1 N–H and O–H groups in total. The number of ether oxygens (including phenoxy) is 1. The summed E-state index contributed by atoms with van der Waals surface area (Å²) in [5.41, 5.74) is 3.86. The SMILES string of the molecule is CC1CC(NS(=O)(=O)C2CC2)CC1c1cnc2cnc3c(ccn3COCC[Si](C)(C)C)n12. The van der Waals surface area contributed by atoms with Gasteiger partial charge in [0.2, 0.25) is 10.0 Å². The second kappa shape index (κ2) is 8.48. The number of nitrogens with one attached hydrogen (secondary N) is 1. The molecule has 3 aromatic heterocycles. The molecule has 33 heavy (non-hydrogen) atoms. The molecule has 5 rings (SSSR count). The fourth-order valence-electron chi connectivity index (χ4n) is 4.99. The molecule has 3 atom stereocenters. The number of aromatic nitrogens is 4. The Bertz CT molecular complexity index is 1260. The highest BCUT2D eigenvalue weighted by atomic mass is 32.2. The lowest BCUT2D eigenvalue weighted by Crippen LogP contribution is -2.35. The zero-order valence-electron chi connectivity index (χ0n) is 20.0. The number of nitrogens with zero attached hydrogens (tertiary/aromatic N) is 4. The van der Waals surface area contributed by atoms with Gasteiger partial charge in [-0.15, -0.1) is 0 Å². The van der Waals surface area contributed by atoms with Gasteiger partial charge in [0, 0.05) is 44.7 Å². The van der Waals surface area contributed by atoms with Gasteiger partial charge in [-0.25, -0.2) is 23.1 Å². The summed E-state index contributed by atoms with van der Waals surface area (Å²) in [4.78, 5) is 9.29. The van der Waals surface area contributed by atoms with Gasteiger partial charge in [-0.3, -0.25) is 4.40 Å². The van der Waals surface area contributed by atoms with Gasteiger partial charge in [-0.2, -0.15) is 0 Å². The van der Waals surface area contributed by atoms with Crippen LogP contribution in [0.25, 0.3) is 16.8 Å². The molecule has 2 fully saturated rings. The summed E-state index contributed by atoms with van der Waals surface area (Å²) in [6.45, 7) is 10.5. The lowest BCUT2D eigenvalue weighted by atomic mass is 9.95. The summed E-state index contributed by atoms with van der Waals surface area (Å²) in [7, 11) is -4.30. The molecule has 2 aliphatic rings. The molecule has 0 saturated heterocycles. The van der Waals surface area contributed by atoms with Crippen LogP contribution in [0.1, 0.15) is 44.2 Å². The second-order valence-corrected chi connectivity index (χ2v) is 18.7. The standard InChI is InChI=1S/C23H35N5O3SSi/c1-16-11-17(26-32(29,30)18-5-6-18)12-19(16)21-13-24-22-14-25-23-20(28(21)22)7-8-27(23)15-31-9-10-33(2,3)4/h7-8,13-14,16-19,26H,5-6,9-12,15H2,1-4H3. The van der Waals surface area contributed by atoms with Crippen LogP contribution in [0.5, 0.6) is 0 Å². The Morgan fingerprint density at radius 1 is 1.18 bits per heavy atom. The Labute approximate surface area is 196 Å². The van der Waals surface area contributed by atoms with Crippen LogP contribution < -0.4 is 4.72 Å². The molecule has 0 spiro atoms. The number of hydrogen-bond acceptors (Lipinski definition) is 5. The van der Waals surface area contributed by atoms with E-state index in [0.29, 0.717) is 12.6 Å². The van der Waals surface area contributed by atoms with Gasteiger partial charge in [0.05, 0.1) is 17.0 Å². The topological polar surface area (TPSA) is 90.5 Å². The van der Waals surface area contributed by atoms with Crippen LogP contribution in [0.4, 0.5) is 0 Å². The number of sulfonamides is 1. The van der Waals surface area contributed by atoms with E-state index in [4.69, 9.17) is 4.74 Å². The van der Waals surface area contributed by atoms with Gasteiger partial charge < -0.3 is 9.30 Å². The van der Waals surface area contributed by atoms with Gasteiger partial charge in [-0.05, 0) is 43.7 Å². The van der Waals surface area contributed by atoms with Crippen LogP contribution in [0, 0.1) is 5.92 Å². The van der Waals surface area contributed by atoms with Gasteiger partial charge in [0.1, 0.15) is 6.73 Å². The van der Waals surface area contributed by atoms with Crippen molar-refractivity contribution in [2.24, 2.45) is 5.92 Å². The Morgan fingerprint density at radius 3 is 2.70 bits per heavy atom. The van der Waals surface area contributed by atoms with E-state index in [-0.39, 0.29) is 17.2 Å². The maximum Gasteiger partial charge on any atom is 0.214 e. The van der Waals surface area contributed by atoms with E-state index in [9.17, 15) is 8.42 Å². The van der Waals surface area contributed by atoms with E-state index < -0.39 is 18.1 Å². The van der Waals surface area contributed by atoms with Crippen LogP contribution in [0.3, 0.4) is 0 Å². The molecule has 3 unspecified atom stereocenters. The van der Waals surface area contributed by atoms with Crippen molar-refractivity contribution in [3.05, 3.63) is 30.4 Å². The van der Waals surface area contributed by atoms with E-state index in [1.807, 2.05) is 23.2 Å². The first-order valence-electron chi connectivity index (χ1n) is 12.0. The molecule has 2 saturated carbocycles. The molecule has 0 amide bonds. The Kier molecular flexibility index (Phi) is 5.91. The average molecular weight is 490 g/mol. The predicted octanol–water partition coefficient (Wildman–Crippen LogP) is 3.96. The Balaban J connectivity index is 1.37. The third kappa shape index (κ3) is 4.75. The minimum atomic E-state index is -3.18. The zero-order chi connectivity index (χ0) is 23.4. The van der Waals surface area contributed by atoms with E-state index in [0.717, 1.165) is 60.8 Å². The number of imidazole rings is 1. The van der Waals surface area contributed by atoms with Gasteiger partial charge in [0.15, 0.2) is 11.3 Å².